The molecule has 7 nitrogen and oxygen atoms in total. The van der Waals surface area contributed by atoms with Gasteiger partial charge in [-0.25, -0.2) is 17.2 Å². The fourth-order valence-electron chi connectivity index (χ4n) is 2.88. The first-order valence-corrected chi connectivity index (χ1v) is 9.77. The van der Waals surface area contributed by atoms with E-state index in [0.717, 1.165) is 39.4 Å². The summed E-state index contributed by atoms with van der Waals surface area (Å²) >= 11 is 0. The van der Waals surface area contributed by atoms with Crippen molar-refractivity contribution in [2.24, 2.45) is 0 Å². The summed E-state index contributed by atoms with van der Waals surface area (Å²) < 4.78 is 92.1. The highest BCUT2D eigenvalue weighted by Crippen LogP contribution is 2.27. The van der Waals surface area contributed by atoms with Gasteiger partial charge in [0.25, 0.3) is 0 Å². The van der Waals surface area contributed by atoms with Gasteiger partial charge >= 0.3 is 6.18 Å². The minimum absolute atomic E-state index is 0.0818. The summed E-state index contributed by atoms with van der Waals surface area (Å²) in [7, 11) is -4.44. The molecule has 1 aliphatic rings. The largest absolute Gasteiger partial charge is 0.435 e. The summed E-state index contributed by atoms with van der Waals surface area (Å²) in [6.45, 7) is -1.04. The Labute approximate surface area is 162 Å². The van der Waals surface area contributed by atoms with Crippen molar-refractivity contribution in [2.45, 2.75) is 17.6 Å². The molecular weight excluding hydrogens is 423 g/mol. The van der Waals surface area contributed by atoms with Gasteiger partial charge in [-0.05, 0) is 18.2 Å². The van der Waals surface area contributed by atoms with E-state index in [1.807, 2.05) is 0 Å². The second-order valence-corrected chi connectivity index (χ2v) is 8.11. The van der Waals surface area contributed by atoms with E-state index in [1.165, 1.54) is 4.90 Å². The molecule has 1 aliphatic heterocycles. The summed E-state index contributed by atoms with van der Waals surface area (Å²) in [5.41, 5.74) is -1.13. The van der Waals surface area contributed by atoms with Gasteiger partial charge in [0, 0.05) is 32.4 Å². The lowest BCUT2D eigenvalue weighted by Gasteiger charge is -2.34. The lowest BCUT2D eigenvalue weighted by atomic mass is 10.3. The van der Waals surface area contributed by atoms with E-state index in [4.69, 9.17) is 0 Å². The predicted molar refractivity (Wildman–Crippen MR) is 88.9 cm³/mol. The maximum atomic E-state index is 13.8. The zero-order valence-corrected chi connectivity index (χ0v) is 15.6. The van der Waals surface area contributed by atoms with Crippen LogP contribution in [0.25, 0.3) is 0 Å². The van der Waals surface area contributed by atoms with Gasteiger partial charge in [0.15, 0.2) is 10.6 Å². The zero-order chi connectivity index (χ0) is 21.4. The number of alkyl halides is 3. The van der Waals surface area contributed by atoms with Crippen molar-refractivity contribution in [3.8, 4) is 0 Å². The third kappa shape index (κ3) is 4.40. The van der Waals surface area contributed by atoms with Gasteiger partial charge in [-0.15, -0.1) is 0 Å². The summed E-state index contributed by atoms with van der Waals surface area (Å²) in [4.78, 5) is 12.4. The Morgan fingerprint density at radius 1 is 1.03 bits per heavy atom. The topological polar surface area (TPSA) is 75.5 Å². The van der Waals surface area contributed by atoms with Crippen LogP contribution in [0.5, 0.6) is 0 Å². The zero-order valence-electron chi connectivity index (χ0n) is 14.7. The molecule has 0 spiro atoms. The van der Waals surface area contributed by atoms with E-state index in [1.54, 1.807) is 0 Å². The Hall–Kier alpha value is -2.54. The van der Waals surface area contributed by atoms with Crippen LogP contribution < -0.4 is 0 Å². The molecule has 1 amide bonds. The first kappa shape index (κ1) is 21.2. The number of carbonyl (C=O) groups is 1. The summed E-state index contributed by atoms with van der Waals surface area (Å²) in [5.74, 6) is -3.00. The van der Waals surface area contributed by atoms with Crippen molar-refractivity contribution in [1.82, 2.24) is 19.0 Å². The Morgan fingerprint density at radius 3 is 2.14 bits per heavy atom. The number of benzene rings is 1. The average molecular weight is 438 g/mol. The number of nitrogens with zero attached hydrogens (tertiary/aromatic N) is 4. The van der Waals surface area contributed by atoms with Gasteiger partial charge in [0.05, 0.1) is 0 Å². The molecule has 0 atom stereocenters. The van der Waals surface area contributed by atoms with Gasteiger partial charge < -0.3 is 4.90 Å². The molecule has 0 radical (unpaired) electrons. The fourth-order valence-corrected chi connectivity index (χ4v) is 4.41. The molecule has 1 aromatic carbocycles. The van der Waals surface area contributed by atoms with Crippen molar-refractivity contribution in [1.29, 1.82) is 0 Å². The monoisotopic (exact) mass is 438 g/mol. The maximum Gasteiger partial charge on any atom is 0.435 e. The molecular formula is C16H15F5N4O3S. The third-order valence-corrected chi connectivity index (χ3v) is 6.29. The normalized spacial score (nSPS) is 16.2. The molecule has 13 heteroatoms. The standard InChI is InChI=1S/C16H15F5N4O3S/c17-11-2-1-3-12(18)15(11)29(27,28)25-8-6-23(7-9-25)14(26)10-24-5-4-13(22-24)16(19,20)21/h1-5H,6-10H2. The molecule has 0 bridgehead atoms. The van der Waals surface area contributed by atoms with E-state index in [9.17, 15) is 35.2 Å². The van der Waals surface area contributed by atoms with Crippen LogP contribution in [0.3, 0.4) is 0 Å². The van der Waals surface area contributed by atoms with Crippen molar-refractivity contribution in [3.05, 3.63) is 47.8 Å². The van der Waals surface area contributed by atoms with Crippen molar-refractivity contribution in [3.63, 3.8) is 0 Å². The van der Waals surface area contributed by atoms with Crippen LogP contribution in [-0.2, 0) is 27.5 Å². The van der Waals surface area contributed by atoms with Crippen LogP contribution in [0, 0.1) is 11.6 Å². The van der Waals surface area contributed by atoms with Crippen molar-refractivity contribution in [2.75, 3.05) is 26.2 Å². The molecule has 0 saturated carbocycles. The molecule has 2 aromatic rings. The summed E-state index contributed by atoms with van der Waals surface area (Å²) in [5, 5.41) is 3.28. The third-order valence-electron chi connectivity index (χ3n) is 4.34. The van der Waals surface area contributed by atoms with Crippen LogP contribution in [-0.4, -0.2) is 59.5 Å². The van der Waals surface area contributed by atoms with Crippen LogP contribution >= 0.6 is 0 Å². The van der Waals surface area contributed by atoms with Crippen LogP contribution in [0.15, 0.2) is 35.4 Å². The van der Waals surface area contributed by atoms with Crippen LogP contribution in [0.1, 0.15) is 5.69 Å². The Bertz CT molecular complexity index is 994. The number of sulfonamides is 1. The Balaban J connectivity index is 1.64. The molecule has 158 valence electrons. The SMILES string of the molecule is O=C(Cn1ccc(C(F)(F)F)n1)N1CCN(S(=O)(=O)c2c(F)cccc2F)CC1. The number of hydrogen-bond acceptors (Lipinski definition) is 4. The second kappa shape index (κ2) is 7.71. The van der Waals surface area contributed by atoms with E-state index in [2.05, 4.69) is 5.10 Å². The first-order chi connectivity index (χ1) is 13.5. The second-order valence-electron chi connectivity index (χ2n) is 6.23. The molecule has 1 fully saturated rings. The average Bonchev–Trinajstić information content (AvgIpc) is 3.10. The highest BCUT2D eigenvalue weighted by atomic mass is 32.2. The minimum Gasteiger partial charge on any atom is -0.338 e. The number of aromatic nitrogens is 2. The van der Waals surface area contributed by atoms with E-state index in [0.29, 0.717) is 0 Å². The quantitative estimate of drug-likeness (QED) is 0.682. The maximum absolute atomic E-state index is 13.8. The molecule has 3 rings (SSSR count). The highest BCUT2D eigenvalue weighted by Gasteiger charge is 2.35. The molecule has 1 saturated heterocycles. The fraction of sp³-hybridized carbons (Fsp3) is 0.375. The minimum atomic E-state index is -4.63. The molecule has 0 aliphatic carbocycles. The predicted octanol–water partition coefficient (Wildman–Crippen LogP) is 1.71. The van der Waals surface area contributed by atoms with E-state index >= 15 is 0 Å². The van der Waals surface area contributed by atoms with Crippen molar-refractivity contribution >= 4 is 15.9 Å². The van der Waals surface area contributed by atoms with Gasteiger partial charge in [-0.1, -0.05) is 6.07 Å². The smallest absolute Gasteiger partial charge is 0.338 e. The van der Waals surface area contributed by atoms with Gasteiger partial charge in [-0.2, -0.15) is 22.6 Å². The lowest BCUT2D eigenvalue weighted by Crippen LogP contribution is -2.51. The number of amides is 1. The molecule has 29 heavy (non-hydrogen) atoms. The lowest BCUT2D eigenvalue weighted by molar-refractivity contribution is -0.142. The molecule has 0 N–H and O–H groups in total. The number of carbonyl (C=O) groups excluding carboxylic acids is 1. The molecule has 2 heterocycles. The van der Waals surface area contributed by atoms with Gasteiger partial charge in [-0.3, -0.25) is 9.48 Å². The number of piperazine rings is 1. The molecule has 1 aromatic heterocycles. The number of rotatable bonds is 4. The number of hydrogen-bond donors (Lipinski definition) is 0. The molecule has 0 unspecified atom stereocenters. The van der Waals surface area contributed by atoms with Gasteiger partial charge in [0.2, 0.25) is 15.9 Å². The number of halogens is 5. The van der Waals surface area contributed by atoms with Crippen LogP contribution in [0.4, 0.5) is 22.0 Å². The van der Waals surface area contributed by atoms with Crippen LogP contribution in [0.2, 0.25) is 0 Å². The first-order valence-electron chi connectivity index (χ1n) is 8.33. The summed E-state index contributed by atoms with van der Waals surface area (Å²) in [6, 6.07) is 3.44. The Morgan fingerprint density at radius 2 is 1.62 bits per heavy atom. The van der Waals surface area contributed by atoms with Gasteiger partial charge in [0.1, 0.15) is 18.2 Å². The van der Waals surface area contributed by atoms with Crippen molar-refractivity contribution < 1.29 is 35.2 Å². The van der Waals surface area contributed by atoms with E-state index in [-0.39, 0.29) is 26.2 Å². The Kier molecular flexibility index (Phi) is 5.63. The van der Waals surface area contributed by atoms with E-state index < -0.39 is 50.9 Å². The summed E-state index contributed by atoms with van der Waals surface area (Å²) in [6.07, 6.45) is -3.61. The highest BCUT2D eigenvalue weighted by molar-refractivity contribution is 7.89.